The smallest absolute Gasteiger partial charge is 0.408 e. The lowest BCUT2D eigenvalue weighted by Crippen LogP contribution is -2.53. The van der Waals surface area contributed by atoms with Crippen molar-refractivity contribution in [2.24, 2.45) is 0 Å². The van der Waals surface area contributed by atoms with E-state index in [1.807, 2.05) is 0 Å². The molecule has 3 aromatic rings. The van der Waals surface area contributed by atoms with Crippen LogP contribution in [0.15, 0.2) is 47.3 Å². The summed E-state index contributed by atoms with van der Waals surface area (Å²) in [4.78, 5) is 27.7. The number of nitrogens with zero attached hydrogens (tertiary/aromatic N) is 6. The summed E-state index contributed by atoms with van der Waals surface area (Å²) in [6.07, 6.45) is -2.12. The van der Waals surface area contributed by atoms with Crippen LogP contribution in [0.2, 0.25) is 0 Å². The number of rotatable bonds is 4. The largest absolute Gasteiger partial charge is 0.455 e. The topological polar surface area (TPSA) is 107 Å². The number of alkyl halides is 3. The van der Waals surface area contributed by atoms with Gasteiger partial charge in [-0.15, -0.1) is 10.2 Å². The van der Waals surface area contributed by atoms with E-state index in [9.17, 15) is 22.8 Å². The van der Waals surface area contributed by atoms with Gasteiger partial charge in [-0.2, -0.15) is 23.0 Å². The number of aromatic nitrogens is 4. The summed E-state index contributed by atoms with van der Waals surface area (Å²) in [5.41, 5.74) is -0.337. The molecule has 0 radical (unpaired) electrons. The van der Waals surface area contributed by atoms with Gasteiger partial charge in [0.25, 0.3) is 0 Å². The molecule has 0 N–H and O–H groups in total. The minimum atomic E-state index is -4.55. The van der Waals surface area contributed by atoms with Crippen molar-refractivity contribution in [1.29, 1.82) is 0 Å². The number of carbonyl (C=O) groups is 2. The van der Waals surface area contributed by atoms with Crippen LogP contribution in [0.5, 0.6) is 0 Å². The molecule has 1 aliphatic heterocycles. The Morgan fingerprint density at radius 2 is 1.81 bits per heavy atom. The van der Waals surface area contributed by atoms with E-state index in [0.717, 1.165) is 11.1 Å². The zero-order valence-electron chi connectivity index (χ0n) is 19.9. The van der Waals surface area contributed by atoms with Crippen molar-refractivity contribution in [1.82, 2.24) is 29.8 Å². The van der Waals surface area contributed by atoms with Crippen LogP contribution in [-0.4, -0.2) is 79.7 Å². The van der Waals surface area contributed by atoms with Crippen molar-refractivity contribution < 1.29 is 31.9 Å². The van der Waals surface area contributed by atoms with E-state index in [1.54, 1.807) is 26.8 Å². The highest BCUT2D eigenvalue weighted by Crippen LogP contribution is 2.39. The van der Waals surface area contributed by atoms with Gasteiger partial charge in [0.05, 0.1) is 0 Å². The van der Waals surface area contributed by atoms with E-state index >= 15 is 0 Å². The van der Waals surface area contributed by atoms with Gasteiger partial charge in [-0.1, -0.05) is 12.1 Å². The van der Waals surface area contributed by atoms with Crippen LogP contribution in [0.1, 0.15) is 42.9 Å². The van der Waals surface area contributed by atoms with Gasteiger partial charge in [0, 0.05) is 37.9 Å². The Kier molecular flexibility index (Phi) is 6.85. The second-order valence-corrected chi connectivity index (χ2v) is 9.27. The molecule has 1 aromatic carbocycles. The molecule has 0 saturated carbocycles. The summed E-state index contributed by atoms with van der Waals surface area (Å²) in [7, 11) is 0. The minimum Gasteiger partial charge on any atom is -0.455 e. The molecule has 0 spiro atoms. The van der Waals surface area contributed by atoms with E-state index in [0.29, 0.717) is 5.56 Å². The van der Waals surface area contributed by atoms with Crippen molar-refractivity contribution in [3.8, 4) is 11.5 Å². The van der Waals surface area contributed by atoms with Crippen LogP contribution in [-0.2, 0) is 4.74 Å². The third kappa shape index (κ3) is 5.73. The predicted molar refractivity (Wildman–Crippen MR) is 120 cm³/mol. The summed E-state index contributed by atoms with van der Waals surface area (Å²) in [5.74, 6) is -0.548. The molecule has 4 rings (SSSR count). The molecule has 1 saturated heterocycles. The first-order chi connectivity index (χ1) is 16.9. The zero-order valence-corrected chi connectivity index (χ0v) is 19.9. The quantitative estimate of drug-likeness (QED) is 0.493. The van der Waals surface area contributed by atoms with E-state index in [-0.39, 0.29) is 43.3 Å². The molecular weight excluding hydrogens is 481 g/mol. The molecule has 1 amide bonds. The van der Waals surface area contributed by atoms with Gasteiger partial charge in [-0.05, 0) is 44.5 Å². The first kappa shape index (κ1) is 25.4. The molecule has 0 bridgehead atoms. The van der Waals surface area contributed by atoms with E-state index in [2.05, 4.69) is 15.3 Å². The van der Waals surface area contributed by atoms with Gasteiger partial charge >= 0.3 is 18.2 Å². The standard InChI is InChI=1S/C23H25F3N6O4/c1-22(2,3)36-20(33)17-7-8-32(29-17)21(34)31-11-9-30(10-12-31)18(23(24,25)26)15-5-4-6-16(13-15)19-28-27-14-35-19/h4-8,13-14,18H,9-12H2,1-3H3. The molecule has 1 unspecified atom stereocenters. The average molecular weight is 506 g/mol. The van der Waals surface area contributed by atoms with Crippen LogP contribution in [0.4, 0.5) is 18.0 Å². The molecule has 36 heavy (non-hydrogen) atoms. The number of hydrogen-bond acceptors (Lipinski definition) is 8. The molecule has 1 fully saturated rings. The monoisotopic (exact) mass is 506 g/mol. The Morgan fingerprint density at radius 1 is 1.08 bits per heavy atom. The first-order valence-corrected chi connectivity index (χ1v) is 11.2. The van der Waals surface area contributed by atoms with Crippen molar-refractivity contribution >= 4 is 12.0 Å². The Labute approximate surface area is 204 Å². The number of ether oxygens (including phenoxy) is 1. The molecule has 1 atom stereocenters. The zero-order chi connectivity index (χ0) is 26.1. The summed E-state index contributed by atoms with van der Waals surface area (Å²) in [5, 5.41) is 11.3. The van der Waals surface area contributed by atoms with Gasteiger partial charge in [-0.25, -0.2) is 9.59 Å². The first-order valence-electron chi connectivity index (χ1n) is 11.2. The normalized spacial score (nSPS) is 16.1. The lowest BCUT2D eigenvalue weighted by Gasteiger charge is -2.39. The second-order valence-electron chi connectivity index (χ2n) is 9.27. The highest BCUT2D eigenvalue weighted by molar-refractivity contribution is 5.88. The molecule has 10 nitrogen and oxygen atoms in total. The van der Waals surface area contributed by atoms with Crippen LogP contribution in [0.25, 0.3) is 11.5 Å². The Balaban J connectivity index is 1.45. The number of hydrogen-bond donors (Lipinski definition) is 0. The fourth-order valence-electron chi connectivity index (χ4n) is 3.93. The fraction of sp³-hybridized carbons (Fsp3) is 0.435. The number of benzene rings is 1. The Morgan fingerprint density at radius 3 is 2.42 bits per heavy atom. The fourth-order valence-corrected chi connectivity index (χ4v) is 3.93. The van der Waals surface area contributed by atoms with Gasteiger partial charge in [-0.3, -0.25) is 4.90 Å². The summed E-state index contributed by atoms with van der Waals surface area (Å²) < 4.78 is 53.8. The maximum atomic E-state index is 14.1. The van der Waals surface area contributed by atoms with Gasteiger partial charge in [0.2, 0.25) is 12.3 Å². The van der Waals surface area contributed by atoms with Crippen LogP contribution in [0, 0.1) is 0 Å². The third-order valence-electron chi connectivity index (χ3n) is 5.46. The van der Waals surface area contributed by atoms with Crippen molar-refractivity contribution in [3.05, 3.63) is 54.2 Å². The third-order valence-corrected chi connectivity index (χ3v) is 5.46. The molecular formula is C23H25F3N6O4. The van der Waals surface area contributed by atoms with Crippen LogP contribution < -0.4 is 0 Å². The van der Waals surface area contributed by atoms with Crippen molar-refractivity contribution in [2.45, 2.75) is 38.6 Å². The second kappa shape index (κ2) is 9.72. The maximum Gasteiger partial charge on any atom is 0.408 e. The minimum absolute atomic E-state index is 0.0130. The average Bonchev–Trinajstić information content (AvgIpc) is 3.50. The van der Waals surface area contributed by atoms with E-state index < -0.39 is 29.8 Å². The summed E-state index contributed by atoms with van der Waals surface area (Å²) >= 11 is 0. The van der Waals surface area contributed by atoms with Gasteiger partial charge in [0.1, 0.15) is 11.6 Å². The predicted octanol–water partition coefficient (Wildman–Crippen LogP) is 3.78. The van der Waals surface area contributed by atoms with Gasteiger partial charge in [0.15, 0.2) is 5.69 Å². The number of esters is 1. The van der Waals surface area contributed by atoms with Crippen molar-refractivity contribution in [3.63, 3.8) is 0 Å². The van der Waals surface area contributed by atoms with Crippen LogP contribution in [0.3, 0.4) is 0 Å². The van der Waals surface area contributed by atoms with E-state index in [1.165, 1.54) is 40.3 Å². The maximum absolute atomic E-state index is 14.1. The van der Waals surface area contributed by atoms with E-state index in [4.69, 9.17) is 9.15 Å². The van der Waals surface area contributed by atoms with Gasteiger partial charge < -0.3 is 14.1 Å². The molecule has 192 valence electrons. The highest BCUT2D eigenvalue weighted by atomic mass is 19.4. The molecule has 13 heteroatoms. The van der Waals surface area contributed by atoms with Crippen LogP contribution >= 0.6 is 0 Å². The number of piperazine rings is 1. The van der Waals surface area contributed by atoms with Crippen molar-refractivity contribution in [2.75, 3.05) is 26.2 Å². The highest BCUT2D eigenvalue weighted by Gasteiger charge is 2.46. The SMILES string of the molecule is CC(C)(C)OC(=O)c1ccn(C(=O)N2CCN(C(c3cccc(-c4nnco4)c3)C(F)(F)F)CC2)n1. The lowest BCUT2D eigenvalue weighted by molar-refractivity contribution is -0.189. The Bertz CT molecular complexity index is 1210. The molecule has 1 aliphatic rings. The number of halogens is 3. The summed E-state index contributed by atoms with van der Waals surface area (Å²) in [6, 6.07) is 4.83. The summed E-state index contributed by atoms with van der Waals surface area (Å²) in [6.45, 7) is 5.21. The Hall–Kier alpha value is -3.74. The molecule has 0 aliphatic carbocycles. The number of carbonyl (C=O) groups excluding carboxylic acids is 2. The number of amides is 1. The lowest BCUT2D eigenvalue weighted by atomic mass is 10.0. The molecule has 2 aromatic heterocycles. The molecule has 3 heterocycles.